The largest absolute Gasteiger partial charge is 0.496 e. The van der Waals surface area contributed by atoms with Crippen LogP contribution in [-0.2, 0) is 13.1 Å². The highest BCUT2D eigenvalue weighted by atomic mass is 16.5. The fourth-order valence-corrected chi connectivity index (χ4v) is 2.91. The highest BCUT2D eigenvalue weighted by Crippen LogP contribution is 2.22. The number of hydrogen-bond acceptors (Lipinski definition) is 4. The zero-order valence-electron chi connectivity index (χ0n) is 12.9. The Bertz CT molecular complexity index is 428. The number of rotatable bonds is 5. The van der Waals surface area contributed by atoms with Gasteiger partial charge in [-0.3, -0.25) is 4.90 Å². The van der Waals surface area contributed by atoms with Crippen molar-refractivity contribution in [1.29, 1.82) is 0 Å². The molecule has 0 amide bonds. The van der Waals surface area contributed by atoms with Crippen molar-refractivity contribution in [2.45, 2.75) is 32.0 Å². The van der Waals surface area contributed by atoms with Gasteiger partial charge in [0, 0.05) is 24.7 Å². The van der Waals surface area contributed by atoms with Crippen LogP contribution in [0.15, 0.2) is 18.2 Å². The van der Waals surface area contributed by atoms with Gasteiger partial charge in [0.15, 0.2) is 0 Å². The number of likely N-dealkylation sites (tertiary alicyclic amines) is 1. The molecule has 4 nitrogen and oxygen atoms in total. The monoisotopic (exact) mass is 277 g/mol. The average molecular weight is 277 g/mol. The van der Waals surface area contributed by atoms with Crippen LogP contribution in [0.1, 0.15) is 24.0 Å². The van der Waals surface area contributed by atoms with E-state index < -0.39 is 0 Å². The molecule has 2 rings (SSSR count). The van der Waals surface area contributed by atoms with Gasteiger partial charge >= 0.3 is 0 Å². The Labute approximate surface area is 122 Å². The molecule has 2 N–H and O–H groups in total. The zero-order valence-corrected chi connectivity index (χ0v) is 12.9. The van der Waals surface area contributed by atoms with Crippen LogP contribution < -0.4 is 10.5 Å². The van der Waals surface area contributed by atoms with Crippen LogP contribution in [0.2, 0.25) is 0 Å². The second-order valence-electron chi connectivity index (χ2n) is 5.80. The van der Waals surface area contributed by atoms with E-state index in [9.17, 15) is 0 Å². The minimum atomic E-state index is 0.522. The molecule has 0 radical (unpaired) electrons. The summed E-state index contributed by atoms with van der Waals surface area (Å²) in [7, 11) is 6.13. The van der Waals surface area contributed by atoms with Gasteiger partial charge in [0.1, 0.15) is 5.75 Å². The topological polar surface area (TPSA) is 41.7 Å². The summed E-state index contributed by atoms with van der Waals surface area (Å²) in [6, 6.07) is 7.05. The van der Waals surface area contributed by atoms with E-state index in [-0.39, 0.29) is 0 Å². The highest BCUT2D eigenvalue weighted by Gasteiger charge is 2.20. The standard InChI is InChI=1S/C16H27N3O/c1-18-8-6-15(7-9-18)19(2)12-13-4-5-14(11-17)16(10-13)20-3/h4-5,10,15H,6-9,11-12,17H2,1-3H3. The molecule has 1 fully saturated rings. The van der Waals surface area contributed by atoms with Crippen molar-refractivity contribution in [2.24, 2.45) is 5.73 Å². The Hall–Kier alpha value is -1.10. The fraction of sp³-hybridized carbons (Fsp3) is 0.625. The second-order valence-corrected chi connectivity index (χ2v) is 5.80. The van der Waals surface area contributed by atoms with Gasteiger partial charge in [-0.05, 0) is 51.7 Å². The minimum Gasteiger partial charge on any atom is -0.496 e. The van der Waals surface area contributed by atoms with Crippen molar-refractivity contribution in [3.63, 3.8) is 0 Å². The Morgan fingerprint density at radius 1 is 1.35 bits per heavy atom. The lowest BCUT2D eigenvalue weighted by Gasteiger charge is -2.35. The maximum absolute atomic E-state index is 5.71. The van der Waals surface area contributed by atoms with Gasteiger partial charge in [-0.25, -0.2) is 0 Å². The van der Waals surface area contributed by atoms with Crippen molar-refractivity contribution < 1.29 is 4.74 Å². The zero-order chi connectivity index (χ0) is 14.5. The number of nitrogens with two attached hydrogens (primary N) is 1. The Balaban J connectivity index is 1.98. The molecule has 1 aliphatic heterocycles. The number of methoxy groups -OCH3 is 1. The maximum atomic E-state index is 5.71. The van der Waals surface area contributed by atoms with Crippen LogP contribution in [0.4, 0.5) is 0 Å². The predicted octanol–water partition coefficient (Wildman–Crippen LogP) is 1.68. The Morgan fingerprint density at radius 3 is 2.65 bits per heavy atom. The molecule has 20 heavy (non-hydrogen) atoms. The van der Waals surface area contributed by atoms with Crippen LogP contribution >= 0.6 is 0 Å². The van der Waals surface area contributed by atoms with Crippen LogP contribution in [0.5, 0.6) is 5.75 Å². The first-order chi connectivity index (χ1) is 9.63. The predicted molar refractivity (Wildman–Crippen MR) is 82.9 cm³/mol. The van der Waals surface area contributed by atoms with Crippen LogP contribution in [-0.4, -0.2) is 50.1 Å². The molecule has 4 heteroatoms. The molecule has 0 unspecified atom stereocenters. The molecule has 0 atom stereocenters. The van der Waals surface area contributed by atoms with E-state index in [0.29, 0.717) is 12.6 Å². The van der Waals surface area contributed by atoms with E-state index >= 15 is 0 Å². The molecule has 0 aromatic heterocycles. The summed E-state index contributed by atoms with van der Waals surface area (Å²) in [5, 5.41) is 0. The average Bonchev–Trinajstić information content (AvgIpc) is 2.47. The van der Waals surface area contributed by atoms with Gasteiger partial charge < -0.3 is 15.4 Å². The minimum absolute atomic E-state index is 0.522. The summed E-state index contributed by atoms with van der Waals surface area (Å²) >= 11 is 0. The van der Waals surface area contributed by atoms with Crippen molar-refractivity contribution in [2.75, 3.05) is 34.3 Å². The molecule has 112 valence electrons. The van der Waals surface area contributed by atoms with E-state index in [1.807, 2.05) is 0 Å². The summed E-state index contributed by atoms with van der Waals surface area (Å²) in [5.74, 6) is 0.904. The first-order valence-corrected chi connectivity index (χ1v) is 7.38. The van der Waals surface area contributed by atoms with E-state index in [1.165, 1.54) is 31.5 Å². The fourth-order valence-electron chi connectivity index (χ4n) is 2.91. The van der Waals surface area contributed by atoms with Crippen LogP contribution in [0.25, 0.3) is 0 Å². The SMILES string of the molecule is COc1cc(CN(C)C2CCN(C)CC2)ccc1CN. The lowest BCUT2D eigenvalue weighted by Crippen LogP contribution is -2.41. The van der Waals surface area contributed by atoms with E-state index in [2.05, 4.69) is 42.1 Å². The van der Waals surface area contributed by atoms with Gasteiger partial charge in [-0.2, -0.15) is 0 Å². The number of benzene rings is 1. The summed E-state index contributed by atoms with van der Waals surface area (Å²) in [5.41, 5.74) is 8.07. The maximum Gasteiger partial charge on any atom is 0.123 e. The normalized spacial score (nSPS) is 17.6. The molecule has 0 saturated carbocycles. The van der Waals surface area contributed by atoms with Crippen molar-refractivity contribution in [3.05, 3.63) is 29.3 Å². The number of nitrogens with zero attached hydrogens (tertiary/aromatic N) is 2. The third kappa shape index (κ3) is 3.72. The summed E-state index contributed by atoms with van der Waals surface area (Å²) < 4.78 is 5.41. The van der Waals surface area contributed by atoms with Gasteiger partial charge in [0.05, 0.1) is 7.11 Å². The number of ether oxygens (including phenoxy) is 1. The van der Waals surface area contributed by atoms with Gasteiger partial charge in [-0.1, -0.05) is 12.1 Å². The van der Waals surface area contributed by atoms with Crippen molar-refractivity contribution >= 4 is 0 Å². The van der Waals surface area contributed by atoms with Crippen LogP contribution in [0.3, 0.4) is 0 Å². The third-order valence-electron chi connectivity index (χ3n) is 4.31. The van der Waals surface area contributed by atoms with Crippen molar-refractivity contribution in [3.8, 4) is 5.75 Å². The lowest BCUT2D eigenvalue weighted by atomic mass is 10.0. The molecule has 1 aliphatic rings. The molecule has 1 heterocycles. The highest BCUT2D eigenvalue weighted by molar-refractivity contribution is 5.37. The third-order valence-corrected chi connectivity index (χ3v) is 4.31. The summed E-state index contributed by atoms with van der Waals surface area (Å²) in [6.07, 6.45) is 2.51. The van der Waals surface area contributed by atoms with Crippen molar-refractivity contribution in [1.82, 2.24) is 9.80 Å². The molecular formula is C16H27N3O. The molecule has 1 aromatic carbocycles. The van der Waals surface area contributed by atoms with E-state index in [4.69, 9.17) is 10.5 Å². The number of piperidine rings is 1. The Morgan fingerprint density at radius 2 is 2.05 bits per heavy atom. The smallest absolute Gasteiger partial charge is 0.123 e. The first kappa shape index (κ1) is 15.3. The van der Waals surface area contributed by atoms with Gasteiger partial charge in [0.25, 0.3) is 0 Å². The molecular weight excluding hydrogens is 250 g/mol. The molecule has 1 aromatic rings. The molecule has 1 saturated heterocycles. The lowest BCUT2D eigenvalue weighted by molar-refractivity contribution is 0.139. The number of hydrogen-bond donors (Lipinski definition) is 1. The first-order valence-electron chi connectivity index (χ1n) is 7.38. The summed E-state index contributed by atoms with van der Waals surface area (Å²) in [6.45, 7) is 3.89. The molecule has 0 spiro atoms. The van der Waals surface area contributed by atoms with Crippen LogP contribution in [0, 0.1) is 0 Å². The second kappa shape index (κ2) is 7.07. The van der Waals surface area contributed by atoms with E-state index in [0.717, 1.165) is 17.9 Å². The van der Waals surface area contributed by atoms with E-state index in [1.54, 1.807) is 7.11 Å². The van der Waals surface area contributed by atoms with Gasteiger partial charge in [0.2, 0.25) is 0 Å². The molecule has 0 aliphatic carbocycles. The quantitative estimate of drug-likeness (QED) is 0.889. The molecule has 0 bridgehead atoms. The van der Waals surface area contributed by atoms with Gasteiger partial charge in [-0.15, -0.1) is 0 Å². The summed E-state index contributed by atoms with van der Waals surface area (Å²) in [4.78, 5) is 4.87. The Kier molecular flexibility index (Phi) is 5.40.